The van der Waals surface area contributed by atoms with Gasteiger partial charge >= 0.3 is 0 Å². The van der Waals surface area contributed by atoms with E-state index in [0.29, 0.717) is 19.8 Å². The van der Waals surface area contributed by atoms with Crippen molar-refractivity contribution in [2.24, 2.45) is 5.73 Å². The van der Waals surface area contributed by atoms with Gasteiger partial charge in [-0.05, 0) is 43.0 Å². The van der Waals surface area contributed by atoms with E-state index in [9.17, 15) is 0 Å². The van der Waals surface area contributed by atoms with Crippen LogP contribution in [0, 0.1) is 0 Å². The van der Waals surface area contributed by atoms with E-state index in [-0.39, 0.29) is 6.04 Å². The molecular weight excluding hydrogens is 334 g/mol. The minimum Gasteiger partial charge on any atom is -0.491 e. The van der Waals surface area contributed by atoms with Gasteiger partial charge in [-0.1, -0.05) is 22.9 Å². The Morgan fingerprint density at radius 1 is 1.19 bits per heavy atom. The first-order chi connectivity index (χ1) is 10.2. The summed E-state index contributed by atoms with van der Waals surface area (Å²) in [6.45, 7) is 4.67. The lowest BCUT2D eigenvalue weighted by Crippen LogP contribution is -2.21. The van der Waals surface area contributed by atoms with Gasteiger partial charge in [-0.25, -0.2) is 0 Å². The SMILES string of the molecule is CCC(N)Cc1cc(OCCOCCCOC)ccc1Br. The van der Waals surface area contributed by atoms with Crippen LogP contribution in [0.1, 0.15) is 25.3 Å². The lowest BCUT2D eigenvalue weighted by Gasteiger charge is -2.13. The molecule has 4 nitrogen and oxygen atoms in total. The van der Waals surface area contributed by atoms with Gasteiger partial charge < -0.3 is 19.9 Å². The molecule has 1 aromatic carbocycles. The van der Waals surface area contributed by atoms with Crippen LogP contribution >= 0.6 is 15.9 Å². The maximum Gasteiger partial charge on any atom is 0.119 e. The molecule has 0 spiro atoms. The number of hydrogen-bond donors (Lipinski definition) is 1. The van der Waals surface area contributed by atoms with Gasteiger partial charge in [0.1, 0.15) is 12.4 Å². The van der Waals surface area contributed by atoms with Crippen LogP contribution in [0.25, 0.3) is 0 Å². The second-order valence-corrected chi connectivity index (χ2v) is 5.79. The van der Waals surface area contributed by atoms with Crippen molar-refractivity contribution in [1.29, 1.82) is 0 Å². The second-order valence-electron chi connectivity index (χ2n) is 4.93. The Balaban J connectivity index is 2.33. The summed E-state index contributed by atoms with van der Waals surface area (Å²) < 4.78 is 17.2. The first-order valence-corrected chi connectivity index (χ1v) is 8.20. The fourth-order valence-corrected chi connectivity index (χ4v) is 2.26. The van der Waals surface area contributed by atoms with Crippen LogP contribution in [0.15, 0.2) is 22.7 Å². The fraction of sp³-hybridized carbons (Fsp3) is 0.625. The molecule has 0 radical (unpaired) electrons. The topological polar surface area (TPSA) is 53.7 Å². The van der Waals surface area contributed by atoms with Gasteiger partial charge in [0.15, 0.2) is 0 Å². The van der Waals surface area contributed by atoms with Crippen LogP contribution in [0.5, 0.6) is 5.75 Å². The molecule has 1 aromatic rings. The summed E-state index contributed by atoms with van der Waals surface area (Å²) in [7, 11) is 1.69. The van der Waals surface area contributed by atoms with E-state index in [2.05, 4.69) is 22.9 Å². The molecule has 2 N–H and O–H groups in total. The predicted octanol–water partition coefficient (Wildman–Crippen LogP) is 3.16. The third kappa shape index (κ3) is 7.81. The normalized spacial score (nSPS) is 12.4. The fourth-order valence-electron chi connectivity index (χ4n) is 1.85. The lowest BCUT2D eigenvalue weighted by atomic mass is 10.0. The second kappa shape index (κ2) is 11.0. The number of rotatable bonds is 11. The Labute approximate surface area is 136 Å². The molecule has 0 saturated heterocycles. The van der Waals surface area contributed by atoms with E-state index in [1.54, 1.807) is 7.11 Å². The van der Waals surface area contributed by atoms with Gasteiger partial charge in [0.05, 0.1) is 6.61 Å². The van der Waals surface area contributed by atoms with Crippen LogP contribution in [0.2, 0.25) is 0 Å². The Morgan fingerprint density at radius 2 is 2.00 bits per heavy atom. The number of methoxy groups -OCH3 is 1. The monoisotopic (exact) mass is 359 g/mol. The molecule has 0 heterocycles. The van der Waals surface area contributed by atoms with Crippen LogP contribution in [-0.2, 0) is 15.9 Å². The quantitative estimate of drug-likeness (QED) is 0.616. The summed E-state index contributed by atoms with van der Waals surface area (Å²) in [5, 5.41) is 0. The van der Waals surface area contributed by atoms with Crippen molar-refractivity contribution in [1.82, 2.24) is 0 Å². The Morgan fingerprint density at radius 3 is 2.71 bits per heavy atom. The highest BCUT2D eigenvalue weighted by atomic mass is 79.9. The van der Waals surface area contributed by atoms with Crippen molar-refractivity contribution < 1.29 is 14.2 Å². The van der Waals surface area contributed by atoms with E-state index in [0.717, 1.165) is 36.1 Å². The van der Waals surface area contributed by atoms with Crippen molar-refractivity contribution in [3.8, 4) is 5.75 Å². The molecule has 0 aliphatic heterocycles. The number of benzene rings is 1. The molecule has 0 aromatic heterocycles. The van der Waals surface area contributed by atoms with Crippen LogP contribution < -0.4 is 10.5 Å². The molecule has 0 aliphatic rings. The maximum absolute atomic E-state index is 6.01. The molecule has 5 heteroatoms. The summed E-state index contributed by atoms with van der Waals surface area (Å²) in [5.41, 5.74) is 7.19. The average molecular weight is 360 g/mol. The highest BCUT2D eigenvalue weighted by Gasteiger charge is 2.07. The molecule has 120 valence electrons. The highest BCUT2D eigenvalue weighted by molar-refractivity contribution is 9.10. The van der Waals surface area contributed by atoms with E-state index in [4.69, 9.17) is 19.9 Å². The number of nitrogens with two attached hydrogens (primary N) is 1. The first-order valence-electron chi connectivity index (χ1n) is 7.40. The zero-order chi connectivity index (χ0) is 15.5. The van der Waals surface area contributed by atoms with Crippen LogP contribution in [-0.4, -0.2) is 39.6 Å². The van der Waals surface area contributed by atoms with Crippen molar-refractivity contribution in [2.75, 3.05) is 33.5 Å². The predicted molar refractivity (Wildman–Crippen MR) is 88.9 cm³/mol. The van der Waals surface area contributed by atoms with E-state index < -0.39 is 0 Å². The zero-order valence-electron chi connectivity index (χ0n) is 12.9. The third-order valence-corrected chi connectivity index (χ3v) is 3.93. The lowest BCUT2D eigenvalue weighted by molar-refractivity contribution is 0.0806. The summed E-state index contributed by atoms with van der Waals surface area (Å²) >= 11 is 3.56. The molecule has 21 heavy (non-hydrogen) atoms. The zero-order valence-corrected chi connectivity index (χ0v) is 14.5. The standard InChI is InChI=1S/C16H26BrNO3/c1-3-14(18)11-13-12-15(5-6-16(13)17)21-10-9-20-8-4-7-19-2/h5-6,12,14H,3-4,7-11,18H2,1-2H3. The van der Waals surface area contributed by atoms with Crippen LogP contribution in [0.4, 0.5) is 0 Å². The molecular formula is C16H26BrNO3. The maximum atomic E-state index is 6.01. The number of hydrogen-bond acceptors (Lipinski definition) is 4. The van der Waals surface area contributed by atoms with Gasteiger partial charge in [0.2, 0.25) is 0 Å². The number of halogens is 1. The molecule has 0 aliphatic carbocycles. The molecule has 1 atom stereocenters. The summed E-state index contributed by atoms with van der Waals surface area (Å²) in [4.78, 5) is 0. The van der Waals surface area contributed by atoms with Gasteiger partial charge in [0.25, 0.3) is 0 Å². The largest absolute Gasteiger partial charge is 0.491 e. The summed E-state index contributed by atoms with van der Waals surface area (Å²) in [5.74, 6) is 0.858. The molecule has 1 unspecified atom stereocenters. The van der Waals surface area contributed by atoms with Crippen molar-refractivity contribution in [2.45, 2.75) is 32.2 Å². The Bertz CT molecular complexity index is 401. The highest BCUT2D eigenvalue weighted by Crippen LogP contribution is 2.24. The van der Waals surface area contributed by atoms with Crippen molar-refractivity contribution >= 4 is 15.9 Å². The minimum absolute atomic E-state index is 0.181. The van der Waals surface area contributed by atoms with Crippen LogP contribution in [0.3, 0.4) is 0 Å². The molecule has 0 bridgehead atoms. The molecule has 1 rings (SSSR count). The van der Waals surface area contributed by atoms with Gasteiger partial charge in [0, 0.05) is 30.8 Å². The van der Waals surface area contributed by atoms with E-state index in [1.807, 2.05) is 18.2 Å². The number of ether oxygens (including phenoxy) is 3. The molecule has 0 amide bonds. The minimum atomic E-state index is 0.181. The van der Waals surface area contributed by atoms with Crippen molar-refractivity contribution in [3.63, 3.8) is 0 Å². The third-order valence-electron chi connectivity index (χ3n) is 3.16. The van der Waals surface area contributed by atoms with E-state index >= 15 is 0 Å². The Kier molecular flexibility index (Phi) is 9.67. The summed E-state index contributed by atoms with van der Waals surface area (Å²) in [6, 6.07) is 6.19. The Hall–Kier alpha value is -0.620. The smallest absolute Gasteiger partial charge is 0.119 e. The molecule has 0 saturated carbocycles. The van der Waals surface area contributed by atoms with Gasteiger partial charge in [-0.2, -0.15) is 0 Å². The first kappa shape index (κ1) is 18.4. The molecule has 0 fully saturated rings. The van der Waals surface area contributed by atoms with Gasteiger partial charge in [-0.3, -0.25) is 0 Å². The van der Waals surface area contributed by atoms with Crippen molar-refractivity contribution in [3.05, 3.63) is 28.2 Å². The van der Waals surface area contributed by atoms with E-state index in [1.165, 1.54) is 5.56 Å². The summed E-state index contributed by atoms with van der Waals surface area (Å²) in [6.07, 6.45) is 2.72. The van der Waals surface area contributed by atoms with Gasteiger partial charge in [-0.15, -0.1) is 0 Å². The average Bonchev–Trinajstić information content (AvgIpc) is 2.49.